The topological polar surface area (TPSA) is 35.2 Å². The summed E-state index contributed by atoms with van der Waals surface area (Å²) in [6, 6.07) is 5.62. The molecule has 0 saturated heterocycles. The van der Waals surface area contributed by atoms with Gasteiger partial charge in [0, 0.05) is 12.6 Å². The maximum absolute atomic E-state index is 12.9. The summed E-state index contributed by atoms with van der Waals surface area (Å²) in [6.45, 7) is -1.32. The lowest BCUT2D eigenvalue weighted by molar-refractivity contribution is -0.174. The van der Waals surface area contributed by atoms with Gasteiger partial charge in [-0.1, -0.05) is 12.1 Å². The first-order chi connectivity index (χ1) is 8.37. The standard InChI is InChI=1S/C12H15F4NO/c13-10-3-1-2-9(6-10)7-11(17)4-5-18-8-12(14,15)16/h1-3,6,11H,4-5,7-8,17H2. The Labute approximate surface area is 103 Å². The highest BCUT2D eigenvalue weighted by atomic mass is 19.4. The number of nitrogens with two attached hydrogens (primary N) is 1. The van der Waals surface area contributed by atoms with Gasteiger partial charge < -0.3 is 10.5 Å². The molecule has 0 aliphatic rings. The second-order valence-corrected chi connectivity index (χ2v) is 4.05. The van der Waals surface area contributed by atoms with Gasteiger partial charge in [0.25, 0.3) is 0 Å². The van der Waals surface area contributed by atoms with E-state index in [9.17, 15) is 17.6 Å². The number of alkyl halides is 3. The molecule has 0 aliphatic carbocycles. The SMILES string of the molecule is NC(CCOCC(F)(F)F)Cc1cccc(F)c1. The molecular weight excluding hydrogens is 250 g/mol. The first-order valence-electron chi connectivity index (χ1n) is 5.51. The van der Waals surface area contributed by atoms with Crippen molar-refractivity contribution < 1.29 is 22.3 Å². The Bertz CT molecular complexity index is 367. The van der Waals surface area contributed by atoms with Gasteiger partial charge in [0.2, 0.25) is 0 Å². The number of halogens is 4. The molecular formula is C12H15F4NO. The third-order valence-electron chi connectivity index (χ3n) is 2.29. The van der Waals surface area contributed by atoms with Crippen LogP contribution in [0.15, 0.2) is 24.3 Å². The molecule has 2 N–H and O–H groups in total. The molecule has 0 saturated carbocycles. The van der Waals surface area contributed by atoms with E-state index in [1.54, 1.807) is 12.1 Å². The summed E-state index contributed by atoms with van der Waals surface area (Å²) in [6.07, 6.45) is -3.60. The maximum atomic E-state index is 12.9. The lowest BCUT2D eigenvalue weighted by Crippen LogP contribution is -2.26. The fourth-order valence-corrected chi connectivity index (χ4v) is 1.49. The molecule has 1 aromatic rings. The molecule has 0 fully saturated rings. The third-order valence-corrected chi connectivity index (χ3v) is 2.29. The Hall–Kier alpha value is -1.14. The van der Waals surface area contributed by atoms with Gasteiger partial charge in [-0.25, -0.2) is 4.39 Å². The van der Waals surface area contributed by atoms with Crippen LogP contribution in [0.5, 0.6) is 0 Å². The third kappa shape index (κ3) is 6.56. The second-order valence-electron chi connectivity index (χ2n) is 4.05. The van der Waals surface area contributed by atoms with Crippen molar-refractivity contribution in [3.63, 3.8) is 0 Å². The summed E-state index contributed by atoms with van der Waals surface area (Å²) in [5.41, 5.74) is 6.44. The molecule has 1 atom stereocenters. The van der Waals surface area contributed by atoms with Crippen molar-refractivity contribution >= 4 is 0 Å². The van der Waals surface area contributed by atoms with E-state index in [0.717, 1.165) is 5.56 Å². The Kier molecular flexibility index (Phi) is 5.55. The van der Waals surface area contributed by atoms with Crippen molar-refractivity contribution in [2.75, 3.05) is 13.2 Å². The van der Waals surface area contributed by atoms with Gasteiger partial charge in [-0.05, 0) is 30.5 Å². The van der Waals surface area contributed by atoms with Crippen molar-refractivity contribution in [3.8, 4) is 0 Å². The van der Waals surface area contributed by atoms with Gasteiger partial charge >= 0.3 is 6.18 Å². The minimum absolute atomic E-state index is 0.0595. The molecule has 6 heteroatoms. The number of ether oxygens (including phenoxy) is 1. The summed E-state index contributed by atoms with van der Waals surface area (Å²) >= 11 is 0. The average molecular weight is 265 g/mol. The van der Waals surface area contributed by atoms with Crippen LogP contribution in [0.3, 0.4) is 0 Å². The summed E-state index contributed by atoms with van der Waals surface area (Å²) in [4.78, 5) is 0. The van der Waals surface area contributed by atoms with Gasteiger partial charge in [-0.3, -0.25) is 0 Å². The van der Waals surface area contributed by atoms with Crippen LogP contribution in [0.4, 0.5) is 17.6 Å². The van der Waals surface area contributed by atoms with Crippen molar-refractivity contribution in [2.45, 2.75) is 25.1 Å². The van der Waals surface area contributed by atoms with Crippen LogP contribution < -0.4 is 5.73 Å². The van der Waals surface area contributed by atoms with Crippen molar-refractivity contribution in [1.29, 1.82) is 0 Å². The molecule has 1 rings (SSSR count). The molecule has 0 amide bonds. The van der Waals surface area contributed by atoms with Crippen LogP contribution in [-0.4, -0.2) is 25.4 Å². The van der Waals surface area contributed by atoms with E-state index in [1.807, 2.05) is 0 Å². The summed E-state index contributed by atoms with van der Waals surface area (Å²) < 4.78 is 52.6. The average Bonchev–Trinajstić information content (AvgIpc) is 2.23. The molecule has 0 bridgehead atoms. The van der Waals surface area contributed by atoms with Crippen LogP contribution in [-0.2, 0) is 11.2 Å². The maximum Gasteiger partial charge on any atom is 0.411 e. The van der Waals surface area contributed by atoms with Crippen LogP contribution in [0.2, 0.25) is 0 Å². The summed E-state index contributed by atoms with van der Waals surface area (Å²) in [7, 11) is 0. The first-order valence-corrected chi connectivity index (χ1v) is 5.51. The zero-order chi connectivity index (χ0) is 13.6. The molecule has 1 unspecified atom stereocenters. The number of hydrogen-bond donors (Lipinski definition) is 1. The molecule has 102 valence electrons. The first kappa shape index (κ1) is 14.9. The van der Waals surface area contributed by atoms with Crippen LogP contribution in [0, 0.1) is 5.82 Å². The fraction of sp³-hybridized carbons (Fsp3) is 0.500. The molecule has 2 nitrogen and oxygen atoms in total. The lowest BCUT2D eigenvalue weighted by atomic mass is 10.0. The van der Waals surface area contributed by atoms with E-state index in [4.69, 9.17) is 5.73 Å². The smallest absolute Gasteiger partial charge is 0.372 e. The Morgan fingerprint density at radius 3 is 2.61 bits per heavy atom. The van der Waals surface area contributed by atoms with Crippen LogP contribution in [0.1, 0.15) is 12.0 Å². The van der Waals surface area contributed by atoms with E-state index in [-0.39, 0.29) is 18.5 Å². The predicted molar refractivity (Wildman–Crippen MR) is 59.6 cm³/mol. The second kappa shape index (κ2) is 6.70. The minimum atomic E-state index is -4.31. The Morgan fingerprint density at radius 1 is 1.28 bits per heavy atom. The highest BCUT2D eigenvalue weighted by Gasteiger charge is 2.27. The molecule has 0 spiro atoms. The van der Waals surface area contributed by atoms with E-state index >= 15 is 0 Å². The summed E-state index contributed by atoms with van der Waals surface area (Å²) in [5, 5.41) is 0. The molecule has 0 heterocycles. The highest BCUT2D eigenvalue weighted by Crippen LogP contribution is 2.14. The number of hydrogen-bond acceptors (Lipinski definition) is 2. The minimum Gasteiger partial charge on any atom is -0.372 e. The molecule has 0 aromatic heterocycles. The van der Waals surface area contributed by atoms with Crippen LogP contribution in [0.25, 0.3) is 0 Å². The van der Waals surface area contributed by atoms with E-state index in [1.165, 1.54) is 12.1 Å². The van der Waals surface area contributed by atoms with Crippen molar-refractivity contribution in [2.24, 2.45) is 5.73 Å². The molecule has 0 radical (unpaired) electrons. The van der Waals surface area contributed by atoms with E-state index in [2.05, 4.69) is 4.74 Å². The number of rotatable bonds is 6. The quantitative estimate of drug-likeness (QED) is 0.634. The largest absolute Gasteiger partial charge is 0.411 e. The normalized spacial score (nSPS) is 13.6. The predicted octanol–water partition coefficient (Wildman–Crippen LogP) is 2.66. The van der Waals surface area contributed by atoms with E-state index in [0.29, 0.717) is 12.8 Å². The monoisotopic (exact) mass is 265 g/mol. The van der Waals surface area contributed by atoms with E-state index < -0.39 is 12.8 Å². The Morgan fingerprint density at radius 2 is 2.00 bits per heavy atom. The molecule has 18 heavy (non-hydrogen) atoms. The van der Waals surface area contributed by atoms with Gasteiger partial charge in [-0.2, -0.15) is 13.2 Å². The van der Waals surface area contributed by atoms with Crippen molar-refractivity contribution in [3.05, 3.63) is 35.6 Å². The van der Waals surface area contributed by atoms with Gasteiger partial charge in [0.05, 0.1) is 0 Å². The van der Waals surface area contributed by atoms with Gasteiger partial charge in [-0.15, -0.1) is 0 Å². The van der Waals surface area contributed by atoms with Crippen molar-refractivity contribution in [1.82, 2.24) is 0 Å². The van der Waals surface area contributed by atoms with Gasteiger partial charge in [0.1, 0.15) is 12.4 Å². The fourth-order valence-electron chi connectivity index (χ4n) is 1.49. The van der Waals surface area contributed by atoms with Gasteiger partial charge in [0.15, 0.2) is 0 Å². The lowest BCUT2D eigenvalue weighted by Gasteiger charge is -2.12. The highest BCUT2D eigenvalue weighted by molar-refractivity contribution is 5.17. The number of benzene rings is 1. The molecule has 1 aromatic carbocycles. The summed E-state index contributed by atoms with van der Waals surface area (Å²) in [5.74, 6) is -0.354. The zero-order valence-electron chi connectivity index (χ0n) is 9.71. The van der Waals surface area contributed by atoms with Crippen LogP contribution >= 0.6 is 0 Å². The Balaban J connectivity index is 2.24. The zero-order valence-corrected chi connectivity index (χ0v) is 9.71. The molecule has 0 aliphatic heterocycles.